The van der Waals surface area contributed by atoms with Gasteiger partial charge in [0, 0.05) is 13.5 Å². The van der Waals surface area contributed by atoms with Gasteiger partial charge in [-0.1, -0.05) is 0 Å². The summed E-state index contributed by atoms with van der Waals surface area (Å²) in [6, 6.07) is -0.945. The number of aliphatic hydroxyl groups is 1. The van der Waals surface area contributed by atoms with Crippen LogP contribution in [0.4, 0.5) is 0 Å². The fourth-order valence-electron chi connectivity index (χ4n) is 0.575. The first-order valence-corrected chi connectivity index (χ1v) is 3.43. The number of amides is 1. The summed E-state index contributed by atoms with van der Waals surface area (Å²) in [4.78, 5) is 20.7. The van der Waals surface area contributed by atoms with Crippen LogP contribution in [-0.4, -0.2) is 34.7 Å². The molecule has 0 rings (SSSR count). The van der Waals surface area contributed by atoms with Crippen LogP contribution >= 0.6 is 0 Å². The van der Waals surface area contributed by atoms with Crippen LogP contribution in [0.3, 0.4) is 0 Å². The molecule has 6 heteroatoms. The van der Waals surface area contributed by atoms with E-state index in [9.17, 15) is 9.59 Å². The van der Waals surface area contributed by atoms with Crippen LogP contribution in [0.5, 0.6) is 0 Å². The largest absolute Gasteiger partial charge is 0.480 e. The zero-order chi connectivity index (χ0) is 9.56. The van der Waals surface area contributed by atoms with Gasteiger partial charge >= 0.3 is 5.97 Å². The Balaban J connectivity index is 3.79. The normalized spacial score (nSPS) is 12.2. The molecule has 1 unspecified atom stereocenters. The van der Waals surface area contributed by atoms with Crippen LogP contribution in [-0.2, 0) is 9.59 Å². The standard InChI is InChI=1S/C6H12N2O4/c1-4(10)7-8-5(2-3-9)6(11)12/h5,8-9H,2-3H2,1H3,(H,7,10)(H,11,12). The lowest BCUT2D eigenvalue weighted by Crippen LogP contribution is -2.47. The maximum absolute atomic E-state index is 10.4. The minimum atomic E-state index is -1.11. The van der Waals surface area contributed by atoms with Crippen molar-refractivity contribution in [3.63, 3.8) is 0 Å². The molecule has 0 aromatic carbocycles. The van der Waals surface area contributed by atoms with Crippen molar-refractivity contribution >= 4 is 11.9 Å². The minimum absolute atomic E-state index is 0.0512. The van der Waals surface area contributed by atoms with Gasteiger partial charge in [0.25, 0.3) is 0 Å². The van der Waals surface area contributed by atoms with Crippen molar-refractivity contribution in [3.05, 3.63) is 0 Å². The lowest BCUT2D eigenvalue weighted by molar-refractivity contribution is -0.140. The van der Waals surface area contributed by atoms with E-state index in [-0.39, 0.29) is 18.9 Å². The highest BCUT2D eigenvalue weighted by atomic mass is 16.4. The van der Waals surface area contributed by atoms with Crippen molar-refractivity contribution in [2.75, 3.05) is 6.61 Å². The summed E-state index contributed by atoms with van der Waals surface area (Å²) in [7, 11) is 0. The maximum atomic E-state index is 10.4. The smallest absolute Gasteiger partial charge is 0.322 e. The van der Waals surface area contributed by atoms with E-state index in [1.165, 1.54) is 6.92 Å². The molecule has 70 valence electrons. The number of carboxylic acids is 1. The first-order valence-electron chi connectivity index (χ1n) is 3.43. The summed E-state index contributed by atoms with van der Waals surface area (Å²) in [6.07, 6.45) is 0.0512. The summed E-state index contributed by atoms with van der Waals surface area (Å²) in [5.74, 6) is -1.49. The van der Waals surface area contributed by atoms with E-state index in [0.717, 1.165) is 0 Å². The molecule has 0 bridgehead atoms. The summed E-state index contributed by atoms with van der Waals surface area (Å²) >= 11 is 0. The van der Waals surface area contributed by atoms with Crippen molar-refractivity contribution in [2.45, 2.75) is 19.4 Å². The second-order valence-corrected chi connectivity index (χ2v) is 2.23. The highest BCUT2D eigenvalue weighted by Gasteiger charge is 2.15. The topological polar surface area (TPSA) is 98.7 Å². The highest BCUT2D eigenvalue weighted by molar-refractivity contribution is 5.75. The number of hydrazine groups is 1. The number of aliphatic hydroxyl groups excluding tert-OH is 1. The van der Waals surface area contributed by atoms with Crippen molar-refractivity contribution in [1.82, 2.24) is 10.9 Å². The Morgan fingerprint density at radius 2 is 2.08 bits per heavy atom. The van der Waals surface area contributed by atoms with Crippen molar-refractivity contribution < 1.29 is 19.8 Å². The zero-order valence-corrected chi connectivity index (χ0v) is 6.70. The highest BCUT2D eigenvalue weighted by Crippen LogP contribution is 1.88. The summed E-state index contributed by atoms with van der Waals surface area (Å²) < 4.78 is 0. The first-order chi connectivity index (χ1) is 5.57. The molecule has 12 heavy (non-hydrogen) atoms. The third-order valence-corrected chi connectivity index (χ3v) is 1.14. The van der Waals surface area contributed by atoms with Crippen LogP contribution in [0.2, 0.25) is 0 Å². The van der Waals surface area contributed by atoms with Gasteiger partial charge < -0.3 is 10.2 Å². The first kappa shape index (κ1) is 10.9. The molecule has 0 saturated carbocycles. The number of hydrogen-bond acceptors (Lipinski definition) is 4. The van der Waals surface area contributed by atoms with Gasteiger partial charge in [0.2, 0.25) is 5.91 Å². The summed E-state index contributed by atoms with van der Waals surface area (Å²) in [5.41, 5.74) is 4.39. The monoisotopic (exact) mass is 176 g/mol. The van der Waals surface area contributed by atoms with E-state index in [0.29, 0.717) is 0 Å². The van der Waals surface area contributed by atoms with Gasteiger partial charge in [-0.05, 0) is 6.42 Å². The van der Waals surface area contributed by atoms with Crippen molar-refractivity contribution in [2.24, 2.45) is 0 Å². The van der Waals surface area contributed by atoms with Crippen LogP contribution in [0.15, 0.2) is 0 Å². The Bertz CT molecular complexity index is 171. The van der Waals surface area contributed by atoms with Gasteiger partial charge in [-0.15, -0.1) is 0 Å². The molecule has 0 radical (unpaired) electrons. The van der Waals surface area contributed by atoms with E-state index in [1.807, 2.05) is 0 Å². The third kappa shape index (κ3) is 4.64. The minimum Gasteiger partial charge on any atom is -0.480 e. The Hall–Kier alpha value is -1.14. The van der Waals surface area contributed by atoms with Gasteiger partial charge in [-0.2, -0.15) is 0 Å². The second kappa shape index (κ2) is 5.50. The Morgan fingerprint density at radius 1 is 1.50 bits per heavy atom. The molecule has 1 amide bonds. The molecule has 6 nitrogen and oxygen atoms in total. The number of aliphatic carboxylic acids is 1. The van der Waals surface area contributed by atoms with Gasteiger partial charge in [0.1, 0.15) is 6.04 Å². The van der Waals surface area contributed by atoms with E-state index < -0.39 is 12.0 Å². The SMILES string of the molecule is CC(=O)NNC(CCO)C(=O)O. The number of carboxylic acid groups (broad SMARTS) is 1. The van der Waals surface area contributed by atoms with Crippen LogP contribution in [0, 0.1) is 0 Å². The molecule has 0 spiro atoms. The number of nitrogens with one attached hydrogen (secondary N) is 2. The van der Waals surface area contributed by atoms with Crippen LogP contribution in [0.25, 0.3) is 0 Å². The van der Waals surface area contributed by atoms with Crippen LogP contribution in [0.1, 0.15) is 13.3 Å². The molecule has 0 saturated heterocycles. The van der Waals surface area contributed by atoms with Crippen molar-refractivity contribution in [3.8, 4) is 0 Å². The van der Waals surface area contributed by atoms with Gasteiger partial charge in [-0.25, -0.2) is 5.43 Å². The molecular formula is C6H12N2O4. The van der Waals surface area contributed by atoms with Crippen LogP contribution < -0.4 is 10.9 Å². The molecule has 0 aliphatic rings. The molecule has 0 fully saturated rings. The van der Waals surface area contributed by atoms with E-state index in [4.69, 9.17) is 10.2 Å². The quantitative estimate of drug-likeness (QED) is 0.381. The molecule has 4 N–H and O–H groups in total. The molecule has 0 heterocycles. The van der Waals surface area contributed by atoms with E-state index in [1.54, 1.807) is 0 Å². The number of rotatable bonds is 5. The predicted molar refractivity (Wildman–Crippen MR) is 40.1 cm³/mol. The Labute approximate surface area is 69.5 Å². The number of carbonyl (C=O) groups is 2. The molecule has 0 aromatic heterocycles. The molecule has 1 atom stereocenters. The Morgan fingerprint density at radius 3 is 2.42 bits per heavy atom. The van der Waals surface area contributed by atoms with Gasteiger partial charge in [-0.3, -0.25) is 15.0 Å². The van der Waals surface area contributed by atoms with Gasteiger partial charge in [0.15, 0.2) is 0 Å². The van der Waals surface area contributed by atoms with Crippen molar-refractivity contribution in [1.29, 1.82) is 0 Å². The average molecular weight is 176 g/mol. The lowest BCUT2D eigenvalue weighted by atomic mass is 10.2. The number of hydrogen-bond donors (Lipinski definition) is 4. The molecule has 0 aromatic rings. The average Bonchev–Trinajstić information content (AvgIpc) is 1.96. The van der Waals surface area contributed by atoms with E-state index in [2.05, 4.69) is 10.9 Å². The summed E-state index contributed by atoms with van der Waals surface area (Å²) in [6.45, 7) is 1.01. The maximum Gasteiger partial charge on any atom is 0.322 e. The Kier molecular flexibility index (Phi) is 4.98. The summed E-state index contributed by atoms with van der Waals surface area (Å²) in [5, 5.41) is 16.9. The zero-order valence-electron chi connectivity index (χ0n) is 6.70. The fraction of sp³-hybridized carbons (Fsp3) is 0.667. The second-order valence-electron chi connectivity index (χ2n) is 2.23. The third-order valence-electron chi connectivity index (χ3n) is 1.14. The number of carbonyl (C=O) groups excluding carboxylic acids is 1. The van der Waals surface area contributed by atoms with E-state index >= 15 is 0 Å². The lowest BCUT2D eigenvalue weighted by Gasteiger charge is -2.12. The predicted octanol–water partition coefficient (Wildman–Crippen LogP) is -1.54. The fourth-order valence-corrected chi connectivity index (χ4v) is 0.575. The molecule has 0 aliphatic heterocycles. The van der Waals surface area contributed by atoms with Gasteiger partial charge in [0.05, 0.1) is 0 Å². The molecular weight excluding hydrogens is 164 g/mol. The molecule has 0 aliphatic carbocycles.